The molecule has 3 unspecified atom stereocenters. The molecule has 3 N–H and O–H groups in total. The van der Waals surface area contributed by atoms with Gasteiger partial charge in [-0.3, -0.25) is 19.8 Å². The van der Waals surface area contributed by atoms with Crippen LogP contribution in [0.3, 0.4) is 0 Å². The van der Waals surface area contributed by atoms with Gasteiger partial charge in [-0.25, -0.2) is 4.39 Å². The number of nitrogens with one attached hydrogen (secondary N) is 3. The van der Waals surface area contributed by atoms with Crippen molar-refractivity contribution in [3.63, 3.8) is 0 Å². The summed E-state index contributed by atoms with van der Waals surface area (Å²) in [7, 11) is 1.66. The van der Waals surface area contributed by atoms with Crippen molar-refractivity contribution in [1.82, 2.24) is 20.9 Å². The lowest BCUT2D eigenvalue weighted by Gasteiger charge is -2.43. The average Bonchev–Trinajstić information content (AvgIpc) is 3.12. The minimum Gasteiger partial charge on any atom is -0.359 e. The predicted molar refractivity (Wildman–Crippen MR) is 103 cm³/mol. The van der Waals surface area contributed by atoms with Crippen molar-refractivity contribution >= 4 is 29.1 Å². The first-order valence-electron chi connectivity index (χ1n) is 9.21. The van der Waals surface area contributed by atoms with Crippen molar-refractivity contribution < 1.29 is 14.0 Å². The molecule has 3 heterocycles. The van der Waals surface area contributed by atoms with Gasteiger partial charge in [-0.1, -0.05) is 18.2 Å². The summed E-state index contributed by atoms with van der Waals surface area (Å²) in [4.78, 5) is 26.6. The van der Waals surface area contributed by atoms with Crippen LogP contribution in [0.2, 0.25) is 0 Å². The lowest BCUT2D eigenvalue weighted by molar-refractivity contribution is -0.129. The Hall–Kier alpha value is -1.90. The van der Waals surface area contributed by atoms with E-state index in [1.165, 1.54) is 17.8 Å². The van der Waals surface area contributed by atoms with E-state index in [4.69, 9.17) is 0 Å². The molecular weight excluding hydrogens is 367 g/mol. The Balaban J connectivity index is 1.47. The van der Waals surface area contributed by atoms with Crippen LogP contribution in [-0.2, 0) is 9.59 Å². The zero-order valence-corrected chi connectivity index (χ0v) is 15.9. The van der Waals surface area contributed by atoms with Gasteiger partial charge in [0.15, 0.2) is 0 Å². The van der Waals surface area contributed by atoms with E-state index in [0.717, 1.165) is 31.5 Å². The number of carbonyl (C=O) groups excluding carboxylic acids is 2. The number of thioether (sulfide) groups is 1. The Labute approximate surface area is 161 Å². The number of piperidine rings is 1. The van der Waals surface area contributed by atoms with Gasteiger partial charge in [0.05, 0.1) is 6.04 Å². The molecular formula is C19H23FN4O2S. The van der Waals surface area contributed by atoms with Crippen molar-refractivity contribution in [1.29, 1.82) is 0 Å². The smallest absolute Gasteiger partial charge is 0.237 e. The Bertz CT molecular complexity index is 779. The number of fused-ring (bicyclic) bond motifs is 1. The van der Waals surface area contributed by atoms with E-state index in [1.807, 2.05) is 5.41 Å². The molecule has 0 saturated carbocycles. The van der Waals surface area contributed by atoms with Gasteiger partial charge in [-0.05, 0) is 29.9 Å². The van der Waals surface area contributed by atoms with Crippen LogP contribution >= 0.6 is 11.8 Å². The summed E-state index contributed by atoms with van der Waals surface area (Å²) < 4.78 is 14.3. The average molecular weight is 390 g/mol. The van der Waals surface area contributed by atoms with Gasteiger partial charge in [0.2, 0.25) is 11.8 Å². The van der Waals surface area contributed by atoms with E-state index >= 15 is 0 Å². The fourth-order valence-electron chi connectivity index (χ4n) is 4.03. The SMILES string of the molecule is CNC(=O)C1CCN(C2NC(=O)C3SC=C(c4ccccc4F)C3N2)CC1. The molecule has 2 amide bonds. The van der Waals surface area contributed by atoms with Crippen LogP contribution in [0.25, 0.3) is 5.57 Å². The van der Waals surface area contributed by atoms with Crippen LogP contribution in [0, 0.1) is 11.7 Å². The Kier molecular flexibility index (Phi) is 5.21. The highest BCUT2D eigenvalue weighted by Crippen LogP contribution is 2.39. The highest BCUT2D eigenvalue weighted by atomic mass is 32.2. The molecule has 3 atom stereocenters. The number of halogens is 1. The van der Waals surface area contributed by atoms with Crippen LogP contribution in [0.4, 0.5) is 4.39 Å². The molecule has 2 fully saturated rings. The summed E-state index contributed by atoms with van der Waals surface area (Å²) in [5, 5.41) is 10.8. The predicted octanol–water partition coefficient (Wildman–Crippen LogP) is 1.11. The van der Waals surface area contributed by atoms with Crippen molar-refractivity contribution in [2.24, 2.45) is 5.92 Å². The molecule has 0 aliphatic carbocycles. The topological polar surface area (TPSA) is 73.5 Å². The molecule has 144 valence electrons. The van der Waals surface area contributed by atoms with E-state index in [9.17, 15) is 14.0 Å². The highest BCUT2D eigenvalue weighted by molar-refractivity contribution is 8.04. The van der Waals surface area contributed by atoms with Gasteiger partial charge in [-0.15, -0.1) is 11.8 Å². The van der Waals surface area contributed by atoms with Gasteiger partial charge < -0.3 is 10.6 Å². The standard InChI is InChI=1S/C19H23FN4O2S/c1-21-17(25)11-6-8-24(9-7-11)19-22-15-13(10-27-16(15)18(26)23-19)12-4-2-3-5-14(12)20/h2-5,10-11,15-16,19,22H,6-9H2,1H3,(H,21,25)(H,23,26). The maximum Gasteiger partial charge on any atom is 0.237 e. The lowest BCUT2D eigenvalue weighted by Crippen LogP contribution is -2.68. The normalized spacial score (nSPS) is 29.0. The Morgan fingerprint density at radius 3 is 2.74 bits per heavy atom. The van der Waals surface area contributed by atoms with Crippen molar-refractivity contribution in [3.05, 3.63) is 41.1 Å². The van der Waals surface area contributed by atoms with E-state index in [2.05, 4.69) is 20.9 Å². The monoisotopic (exact) mass is 390 g/mol. The summed E-state index contributed by atoms with van der Waals surface area (Å²) in [6, 6.07) is 6.43. The van der Waals surface area contributed by atoms with E-state index in [1.54, 1.807) is 25.2 Å². The van der Waals surface area contributed by atoms with Crippen LogP contribution in [0.5, 0.6) is 0 Å². The van der Waals surface area contributed by atoms with E-state index in [0.29, 0.717) is 5.56 Å². The second kappa shape index (κ2) is 7.61. The first kappa shape index (κ1) is 18.5. The summed E-state index contributed by atoms with van der Waals surface area (Å²) in [5.74, 6) is -0.216. The zero-order chi connectivity index (χ0) is 19.0. The molecule has 6 nitrogen and oxygen atoms in total. The summed E-state index contributed by atoms with van der Waals surface area (Å²) in [5.41, 5.74) is 1.36. The maximum atomic E-state index is 14.3. The molecule has 8 heteroatoms. The van der Waals surface area contributed by atoms with Gasteiger partial charge >= 0.3 is 0 Å². The molecule has 27 heavy (non-hydrogen) atoms. The second-order valence-electron chi connectivity index (χ2n) is 7.09. The third-order valence-electron chi connectivity index (χ3n) is 5.55. The number of rotatable bonds is 3. The van der Waals surface area contributed by atoms with E-state index < -0.39 is 0 Å². The van der Waals surface area contributed by atoms with Crippen LogP contribution in [0.1, 0.15) is 18.4 Å². The van der Waals surface area contributed by atoms with Gasteiger partial charge in [0, 0.05) is 31.6 Å². The quantitative estimate of drug-likeness (QED) is 0.721. The van der Waals surface area contributed by atoms with Crippen LogP contribution in [0.15, 0.2) is 29.7 Å². The number of nitrogens with zero attached hydrogens (tertiary/aromatic N) is 1. The van der Waals surface area contributed by atoms with E-state index in [-0.39, 0.29) is 41.1 Å². The molecule has 4 rings (SSSR count). The largest absolute Gasteiger partial charge is 0.359 e. The molecule has 3 aliphatic heterocycles. The zero-order valence-electron chi connectivity index (χ0n) is 15.1. The highest BCUT2D eigenvalue weighted by Gasteiger charge is 2.44. The summed E-state index contributed by atoms with van der Waals surface area (Å²) in [6.07, 6.45) is 1.21. The van der Waals surface area contributed by atoms with Crippen LogP contribution < -0.4 is 16.0 Å². The first-order chi connectivity index (χ1) is 13.1. The minimum atomic E-state index is -0.307. The fourth-order valence-corrected chi connectivity index (χ4v) is 5.17. The van der Waals surface area contributed by atoms with Crippen molar-refractivity contribution in [2.45, 2.75) is 30.4 Å². The molecule has 0 radical (unpaired) electrons. The molecule has 1 aromatic carbocycles. The number of benzene rings is 1. The van der Waals surface area contributed by atoms with Crippen molar-refractivity contribution in [3.8, 4) is 0 Å². The van der Waals surface area contributed by atoms with Gasteiger partial charge in [-0.2, -0.15) is 0 Å². The fraction of sp³-hybridized carbons (Fsp3) is 0.474. The summed E-state index contributed by atoms with van der Waals surface area (Å²) >= 11 is 1.43. The van der Waals surface area contributed by atoms with Gasteiger partial charge in [0.25, 0.3) is 0 Å². The minimum absolute atomic E-state index is 0.0224. The molecule has 2 saturated heterocycles. The molecule has 0 bridgehead atoms. The summed E-state index contributed by atoms with van der Waals surface area (Å²) in [6.45, 7) is 1.44. The number of hydrogen-bond acceptors (Lipinski definition) is 5. The molecule has 1 aromatic rings. The second-order valence-corrected chi connectivity index (χ2v) is 8.11. The Morgan fingerprint density at radius 1 is 1.30 bits per heavy atom. The number of carbonyl (C=O) groups is 2. The molecule has 3 aliphatic rings. The molecule has 0 spiro atoms. The lowest BCUT2D eigenvalue weighted by atomic mass is 9.94. The maximum absolute atomic E-state index is 14.3. The molecule has 0 aromatic heterocycles. The van der Waals surface area contributed by atoms with Crippen LogP contribution in [-0.4, -0.2) is 54.4 Å². The van der Waals surface area contributed by atoms with Gasteiger partial charge in [0.1, 0.15) is 17.4 Å². The van der Waals surface area contributed by atoms with Crippen molar-refractivity contribution in [2.75, 3.05) is 20.1 Å². The third kappa shape index (κ3) is 3.49. The number of likely N-dealkylation sites (tertiary alicyclic amines) is 1. The number of amides is 2. The number of hydrogen-bond donors (Lipinski definition) is 3. The Morgan fingerprint density at radius 2 is 2.04 bits per heavy atom. The first-order valence-corrected chi connectivity index (χ1v) is 10.2. The third-order valence-corrected chi connectivity index (χ3v) is 6.72.